The maximum atomic E-state index is 11.2. The maximum Gasteiger partial charge on any atom is 0.217 e. The molecule has 0 saturated carbocycles. The van der Waals surface area contributed by atoms with Gasteiger partial charge in [0, 0.05) is 6.92 Å². The number of hydrogen-bond donors (Lipinski definition) is 4. The monoisotopic (exact) mass is 261 g/mol. The predicted molar refractivity (Wildman–Crippen MR) is 64.8 cm³/mol. The van der Waals surface area contributed by atoms with Gasteiger partial charge in [-0.05, 0) is 12.8 Å². The van der Waals surface area contributed by atoms with Gasteiger partial charge in [-0.3, -0.25) is 4.79 Å². The summed E-state index contributed by atoms with van der Waals surface area (Å²) in [5.74, 6) is -0.194. The Kier molecular flexibility index (Phi) is 5.10. The number of aliphatic hydroxyl groups is 3. The molecule has 6 unspecified atom stereocenters. The van der Waals surface area contributed by atoms with E-state index < -0.39 is 36.6 Å². The van der Waals surface area contributed by atoms with E-state index in [1.165, 1.54) is 6.92 Å². The zero-order valence-electron chi connectivity index (χ0n) is 11.2. The first-order valence-electron chi connectivity index (χ1n) is 6.22. The molecule has 0 bridgehead atoms. The molecule has 6 atom stereocenters. The zero-order chi connectivity index (χ0) is 14.0. The highest BCUT2D eigenvalue weighted by molar-refractivity contribution is 5.73. The average Bonchev–Trinajstić information content (AvgIpc) is 2.28. The molecule has 0 aromatic rings. The van der Waals surface area contributed by atoms with Gasteiger partial charge in [-0.25, -0.2) is 0 Å². The number of carbonyl (C=O) groups is 1. The molecule has 1 saturated heterocycles. The summed E-state index contributed by atoms with van der Waals surface area (Å²) in [6.45, 7) is 6.79. The number of amides is 1. The molecule has 6 nitrogen and oxygen atoms in total. The van der Waals surface area contributed by atoms with Gasteiger partial charge in [-0.1, -0.05) is 13.8 Å². The van der Waals surface area contributed by atoms with E-state index in [9.17, 15) is 20.1 Å². The summed E-state index contributed by atoms with van der Waals surface area (Å²) in [5.41, 5.74) is 0. The lowest BCUT2D eigenvalue weighted by Crippen LogP contribution is -2.63. The fraction of sp³-hybridized carbons (Fsp3) is 0.917. The standard InChI is InChI=1S/C12H23NO5/c1-5(2)8(13-7(4)14)12-11(17)10(16)9(15)6(3)18-12/h5-6,8-12,15-17H,1-4H3,(H,13,14). The van der Waals surface area contributed by atoms with Crippen LogP contribution in [0.25, 0.3) is 0 Å². The van der Waals surface area contributed by atoms with Gasteiger partial charge in [0.15, 0.2) is 0 Å². The number of rotatable bonds is 3. The van der Waals surface area contributed by atoms with Crippen LogP contribution in [0.15, 0.2) is 0 Å². The van der Waals surface area contributed by atoms with Crippen molar-refractivity contribution >= 4 is 5.91 Å². The topological polar surface area (TPSA) is 99.0 Å². The largest absolute Gasteiger partial charge is 0.388 e. The molecular formula is C12H23NO5. The molecule has 1 heterocycles. The highest BCUT2D eigenvalue weighted by Crippen LogP contribution is 2.25. The van der Waals surface area contributed by atoms with Gasteiger partial charge < -0.3 is 25.4 Å². The van der Waals surface area contributed by atoms with Crippen LogP contribution >= 0.6 is 0 Å². The highest BCUT2D eigenvalue weighted by Gasteiger charge is 2.45. The third kappa shape index (κ3) is 3.20. The first-order chi connectivity index (χ1) is 8.25. The summed E-state index contributed by atoms with van der Waals surface area (Å²) in [5, 5.41) is 32.1. The fourth-order valence-electron chi connectivity index (χ4n) is 2.24. The SMILES string of the molecule is CC(=O)NC(C(C)C)C1OC(C)C(O)C(O)C1O. The molecule has 18 heavy (non-hydrogen) atoms. The van der Waals surface area contributed by atoms with Crippen molar-refractivity contribution < 1.29 is 24.9 Å². The summed E-state index contributed by atoms with van der Waals surface area (Å²) in [6.07, 6.45) is -4.95. The number of aliphatic hydroxyl groups excluding tert-OH is 3. The van der Waals surface area contributed by atoms with Crippen LogP contribution in [0.3, 0.4) is 0 Å². The number of nitrogens with one attached hydrogen (secondary N) is 1. The zero-order valence-corrected chi connectivity index (χ0v) is 11.2. The smallest absolute Gasteiger partial charge is 0.217 e. The number of carbonyl (C=O) groups excluding carboxylic acids is 1. The Morgan fingerprint density at radius 2 is 1.72 bits per heavy atom. The molecular weight excluding hydrogens is 238 g/mol. The molecule has 6 heteroatoms. The van der Waals surface area contributed by atoms with Crippen molar-refractivity contribution in [3.63, 3.8) is 0 Å². The van der Waals surface area contributed by atoms with Crippen molar-refractivity contribution in [1.29, 1.82) is 0 Å². The van der Waals surface area contributed by atoms with Gasteiger partial charge in [-0.15, -0.1) is 0 Å². The Balaban J connectivity index is 2.87. The van der Waals surface area contributed by atoms with Crippen molar-refractivity contribution in [3.8, 4) is 0 Å². The van der Waals surface area contributed by atoms with Crippen molar-refractivity contribution in [3.05, 3.63) is 0 Å². The molecule has 4 N–H and O–H groups in total. The summed E-state index contributed by atoms with van der Waals surface area (Å²) >= 11 is 0. The van der Waals surface area contributed by atoms with E-state index in [0.717, 1.165) is 0 Å². The van der Waals surface area contributed by atoms with Crippen LogP contribution in [-0.4, -0.2) is 57.8 Å². The van der Waals surface area contributed by atoms with Gasteiger partial charge in [0.25, 0.3) is 0 Å². The number of hydrogen-bond acceptors (Lipinski definition) is 5. The van der Waals surface area contributed by atoms with Crippen LogP contribution in [0.4, 0.5) is 0 Å². The van der Waals surface area contributed by atoms with E-state index >= 15 is 0 Å². The lowest BCUT2D eigenvalue weighted by molar-refractivity contribution is -0.226. The van der Waals surface area contributed by atoms with E-state index in [0.29, 0.717) is 0 Å². The Labute approximate surface area is 107 Å². The fourth-order valence-corrected chi connectivity index (χ4v) is 2.24. The molecule has 0 aromatic carbocycles. The number of ether oxygens (including phenoxy) is 1. The second-order valence-electron chi connectivity index (χ2n) is 5.25. The van der Waals surface area contributed by atoms with E-state index in [-0.39, 0.29) is 11.8 Å². The molecule has 1 fully saturated rings. The van der Waals surface area contributed by atoms with Crippen LogP contribution < -0.4 is 5.32 Å². The van der Waals surface area contributed by atoms with E-state index in [2.05, 4.69) is 5.32 Å². The first-order valence-corrected chi connectivity index (χ1v) is 6.22. The summed E-state index contributed by atoms with van der Waals surface area (Å²) in [6, 6.07) is -0.415. The van der Waals surface area contributed by atoms with Gasteiger partial charge >= 0.3 is 0 Å². The highest BCUT2D eigenvalue weighted by atomic mass is 16.5. The average molecular weight is 261 g/mol. The minimum absolute atomic E-state index is 0.0307. The third-order valence-electron chi connectivity index (χ3n) is 3.33. The summed E-state index contributed by atoms with van der Waals surface area (Å²) in [7, 11) is 0. The van der Waals surface area contributed by atoms with Crippen molar-refractivity contribution in [2.75, 3.05) is 0 Å². The van der Waals surface area contributed by atoms with Gasteiger partial charge in [0.1, 0.15) is 24.4 Å². The van der Waals surface area contributed by atoms with Crippen LogP contribution in [0.2, 0.25) is 0 Å². The molecule has 1 rings (SSSR count). The molecule has 0 aliphatic carbocycles. The Morgan fingerprint density at radius 3 is 2.17 bits per heavy atom. The lowest BCUT2D eigenvalue weighted by Gasteiger charge is -2.43. The van der Waals surface area contributed by atoms with Crippen LogP contribution in [0.1, 0.15) is 27.7 Å². The molecule has 1 aliphatic heterocycles. The van der Waals surface area contributed by atoms with Crippen molar-refractivity contribution in [2.24, 2.45) is 5.92 Å². The minimum Gasteiger partial charge on any atom is -0.388 e. The Morgan fingerprint density at radius 1 is 1.17 bits per heavy atom. The Hall–Kier alpha value is -0.690. The molecule has 1 aliphatic rings. The molecule has 1 amide bonds. The quantitative estimate of drug-likeness (QED) is 0.523. The van der Waals surface area contributed by atoms with E-state index in [4.69, 9.17) is 4.74 Å². The van der Waals surface area contributed by atoms with Crippen LogP contribution in [-0.2, 0) is 9.53 Å². The second-order valence-corrected chi connectivity index (χ2v) is 5.25. The minimum atomic E-state index is -1.27. The van der Waals surface area contributed by atoms with Crippen molar-refractivity contribution in [1.82, 2.24) is 5.32 Å². The Bertz CT molecular complexity index is 296. The lowest BCUT2D eigenvalue weighted by atomic mass is 9.87. The molecule has 0 spiro atoms. The first kappa shape index (κ1) is 15.4. The van der Waals surface area contributed by atoms with Gasteiger partial charge in [0.05, 0.1) is 12.1 Å². The maximum absolute atomic E-state index is 11.2. The van der Waals surface area contributed by atoms with Gasteiger partial charge in [0.2, 0.25) is 5.91 Å². The van der Waals surface area contributed by atoms with Gasteiger partial charge in [-0.2, -0.15) is 0 Å². The normalized spacial score (nSPS) is 38.6. The van der Waals surface area contributed by atoms with E-state index in [1.54, 1.807) is 6.92 Å². The molecule has 0 radical (unpaired) electrons. The summed E-state index contributed by atoms with van der Waals surface area (Å²) < 4.78 is 5.53. The van der Waals surface area contributed by atoms with Crippen LogP contribution in [0, 0.1) is 5.92 Å². The molecule has 0 aromatic heterocycles. The molecule has 106 valence electrons. The predicted octanol–water partition coefficient (Wildman–Crippen LogP) is -0.983. The third-order valence-corrected chi connectivity index (χ3v) is 3.33. The summed E-state index contributed by atoms with van der Waals surface area (Å²) in [4.78, 5) is 11.2. The second kappa shape index (κ2) is 5.97. The van der Waals surface area contributed by atoms with Crippen molar-refractivity contribution in [2.45, 2.75) is 64.3 Å². The van der Waals surface area contributed by atoms with E-state index in [1.807, 2.05) is 13.8 Å². The van der Waals surface area contributed by atoms with Crippen LogP contribution in [0.5, 0.6) is 0 Å².